The van der Waals surface area contributed by atoms with Gasteiger partial charge in [0.1, 0.15) is 12.4 Å². The van der Waals surface area contributed by atoms with Crippen molar-refractivity contribution in [2.24, 2.45) is 0 Å². The summed E-state index contributed by atoms with van der Waals surface area (Å²) in [7, 11) is -3.78. The maximum Gasteiger partial charge on any atom is 0.341 e. The van der Waals surface area contributed by atoms with Crippen molar-refractivity contribution < 1.29 is 22.3 Å². The molecule has 0 aliphatic carbocycles. The molecule has 0 atom stereocenters. The van der Waals surface area contributed by atoms with Gasteiger partial charge in [0.25, 0.3) is 0 Å². The highest BCUT2D eigenvalue weighted by molar-refractivity contribution is 7.89. The number of ether oxygens (including phenoxy) is 1. The molecular formula is C18H20FNO4S. The Hall–Kier alpha value is -2.25. The largest absolute Gasteiger partial charge is 0.457 e. The van der Waals surface area contributed by atoms with E-state index in [1.54, 1.807) is 38.1 Å². The van der Waals surface area contributed by atoms with Crippen LogP contribution in [0, 0.1) is 5.82 Å². The Morgan fingerprint density at radius 1 is 1.08 bits per heavy atom. The first-order chi connectivity index (χ1) is 11.9. The van der Waals surface area contributed by atoms with Gasteiger partial charge in [-0.2, -0.15) is 4.31 Å². The van der Waals surface area contributed by atoms with Crippen molar-refractivity contribution in [1.29, 1.82) is 0 Å². The fourth-order valence-corrected chi connectivity index (χ4v) is 3.82. The number of esters is 1. The molecule has 0 saturated heterocycles. The summed E-state index contributed by atoms with van der Waals surface area (Å²) in [4.78, 5) is 12.0. The van der Waals surface area contributed by atoms with Gasteiger partial charge in [-0.1, -0.05) is 44.2 Å². The fourth-order valence-electron chi connectivity index (χ4n) is 2.33. The van der Waals surface area contributed by atoms with E-state index in [4.69, 9.17) is 4.74 Å². The van der Waals surface area contributed by atoms with Crippen molar-refractivity contribution >= 4 is 16.0 Å². The topological polar surface area (TPSA) is 63.7 Å². The summed E-state index contributed by atoms with van der Waals surface area (Å²) in [6, 6.07) is 12.1. The van der Waals surface area contributed by atoms with Crippen LogP contribution in [0.5, 0.6) is 0 Å². The zero-order chi connectivity index (χ0) is 18.4. The number of hydrogen-bond acceptors (Lipinski definition) is 4. The van der Waals surface area contributed by atoms with Gasteiger partial charge in [0.15, 0.2) is 0 Å². The van der Waals surface area contributed by atoms with E-state index in [0.717, 1.165) is 23.8 Å². The summed E-state index contributed by atoms with van der Waals surface area (Å²) in [5, 5.41) is 0. The highest BCUT2D eigenvalue weighted by Crippen LogP contribution is 2.20. The van der Waals surface area contributed by atoms with Gasteiger partial charge in [-0.3, -0.25) is 0 Å². The van der Waals surface area contributed by atoms with Gasteiger partial charge in [0.2, 0.25) is 10.0 Å². The third-order valence-corrected chi connectivity index (χ3v) is 5.76. The number of rotatable bonds is 7. The van der Waals surface area contributed by atoms with Crippen molar-refractivity contribution in [2.75, 3.05) is 13.1 Å². The zero-order valence-electron chi connectivity index (χ0n) is 14.1. The number of sulfonamides is 1. The molecule has 0 saturated carbocycles. The number of halogens is 1. The molecule has 0 aliphatic rings. The lowest BCUT2D eigenvalue weighted by molar-refractivity contribution is 0.0467. The first-order valence-corrected chi connectivity index (χ1v) is 9.34. The quantitative estimate of drug-likeness (QED) is 0.707. The first-order valence-electron chi connectivity index (χ1n) is 7.90. The minimum absolute atomic E-state index is 0.0217. The molecule has 5 nitrogen and oxygen atoms in total. The zero-order valence-corrected chi connectivity index (χ0v) is 14.9. The average molecular weight is 365 g/mol. The van der Waals surface area contributed by atoms with Crippen molar-refractivity contribution in [3.63, 3.8) is 0 Å². The van der Waals surface area contributed by atoms with Crippen molar-refractivity contribution in [2.45, 2.75) is 25.3 Å². The van der Waals surface area contributed by atoms with Crippen LogP contribution in [-0.4, -0.2) is 31.8 Å². The Bertz CT molecular complexity index is 833. The van der Waals surface area contributed by atoms with Crippen LogP contribution < -0.4 is 0 Å². The van der Waals surface area contributed by atoms with Crippen LogP contribution in [0.15, 0.2) is 53.4 Å². The number of carbonyl (C=O) groups excluding carboxylic acids is 1. The maximum absolute atomic E-state index is 14.0. The van der Waals surface area contributed by atoms with Crippen LogP contribution in [0.3, 0.4) is 0 Å². The molecule has 0 radical (unpaired) electrons. The molecule has 0 heterocycles. The minimum Gasteiger partial charge on any atom is -0.457 e. The van der Waals surface area contributed by atoms with E-state index in [-0.39, 0.29) is 24.6 Å². The van der Waals surface area contributed by atoms with Gasteiger partial charge in [0.05, 0.1) is 10.5 Å². The Kier molecular flexibility index (Phi) is 6.27. The van der Waals surface area contributed by atoms with E-state index in [1.165, 1.54) is 4.31 Å². The molecule has 0 bridgehead atoms. The Balaban J connectivity index is 2.25. The highest BCUT2D eigenvalue weighted by Gasteiger charge is 2.24. The van der Waals surface area contributed by atoms with Crippen LogP contribution in [0.1, 0.15) is 29.8 Å². The second-order valence-electron chi connectivity index (χ2n) is 5.29. The molecule has 25 heavy (non-hydrogen) atoms. The van der Waals surface area contributed by atoms with Gasteiger partial charge in [0, 0.05) is 13.1 Å². The second-order valence-corrected chi connectivity index (χ2v) is 7.23. The molecule has 2 aromatic carbocycles. The molecule has 134 valence electrons. The number of carbonyl (C=O) groups is 1. The molecule has 0 unspecified atom stereocenters. The van der Waals surface area contributed by atoms with Crippen LogP contribution in [0.2, 0.25) is 0 Å². The lowest BCUT2D eigenvalue weighted by Crippen LogP contribution is -2.30. The van der Waals surface area contributed by atoms with E-state index in [0.29, 0.717) is 0 Å². The van der Waals surface area contributed by atoms with Crippen molar-refractivity contribution in [1.82, 2.24) is 4.31 Å². The molecule has 0 aromatic heterocycles. The van der Waals surface area contributed by atoms with Crippen LogP contribution in [0.25, 0.3) is 0 Å². The third-order valence-electron chi connectivity index (χ3n) is 3.71. The van der Waals surface area contributed by atoms with Gasteiger partial charge in [-0.05, 0) is 23.8 Å². The smallest absolute Gasteiger partial charge is 0.341 e. The predicted molar refractivity (Wildman–Crippen MR) is 92.1 cm³/mol. The first kappa shape index (κ1) is 19.1. The Morgan fingerprint density at radius 2 is 1.72 bits per heavy atom. The van der Waals surface area contributed by atoms with Gasteiger partial charge in [-0.25, -0.2) is 17.6 Å². The SMILES string of the molecule is CCN(CC)S(=O)(=O)c1ccc(F)c(C(=O)OCc2ccccc2)c1. The Labute approximate surface area is 147 Å². The lowest BCUT2D eigenvalue weighted by Gasteiger charge is -2.18. The molecule has 0 amide bonds. The predicted octanol–water partition coefficient (Wildman–Crippen LogP) is 3.21. The second kappa shape index (κ2) is 8.22. The van der Waals surface area contributed by atoms with Crippen LogP contribution in [-0.2, 0) is 21.4 Å². The Morgan fingerprint density at radius 3 is 2.32 bits per heavy atom. The number of benzene rings is 2. The summed E-state index contributed by atoms with van der Waals surface area (Å²) >= 11 is 0. The normalized spacial score (nSPS) is 11.5. The van der Waals surface area contributed by atoms with E-state index < -0.39 is 27.4 Å². The summed E-state index contributed by atoms with van der Waals surface area (Å²) in [6.07, 6.45) is 0. The molecule has 0 fully saturated rings. The fraction of sp³-hybridized carbons (Fsp3) is 0.278. The number of hydrogen-bond donors (Lipinski definition) is 0. The van der Waals surface area contributed by atoms with E-state index in [9.17, 15) is 17.6 Å². The van der Waals surface area contributed by atoms with Crippen molar-refractivity contribution in [3.05, 3.63) is 65.5 Å². The highest BCUT2D eigenvalue weighted by atomic mass is 32.2. The van der Waals surface area contributed by atoms with Crippen LogP contribution in [0.4, 0.5) is 4.39 Å². The molecule has 2 aromatic rings. The van der Waals surface area contributed by atoms with E-state index in [2.05, 4.69) is 0 Å². The van der Waals surface area contributed by atoms with E-state index >= 15 is 0 Å². The standard InChI is InChI=1S/C18H20FNO4S/c1-3-20(4-2)25(22,23)15-10-11-17(19)16(12-15)18(21)24-13-14-8-6-5-7-9-14/h5-12H,3-4,13H2,1-2H3. The summed E-state index contributed by atoms with van der Waals surface area (Å²) in [5.74, 6) is -1.73. The molecule has 0 spiro atoms. The third kappa shape index (κ3) is 4.43. The molecule has 7 heteroatoms. The molecular weight excluding hydrogens is 345 g/mol. The summed E-state index contributed by atoms with van der Waals surface area (Å²) < 4.78 is 45.3. The van der Waals surface area contributed by atoms with Crippen molar-refractivity contribution in [3.8, 4) is 0 Å². The van der Waals surface area contributed by atoms with Gasteiger partial charge < -0.3 is 4.74 Å². The van der Waals surface area contributed by atoms with Gasteiger partial charge in [-0.15, -0.1) is 0 Å². The van der Waals surface area contributed by atoms with Gasteiger partial charge >= 0.3 is 5.97 Å². The van der Waals surface area contributed by atoms with E-state index in [1.807, 2.05) is 6.07 Å². The summed E-state index contributed by atoms with van der Waals surface area (Å²) in [5.41, 5.74) is 0.354. The molecule has 0 N–H and O–H groups in total. The lowest BCUT2D eigenvalue weighted by atomic mass is 10.2. The molecule has 0 aliphatic heterocycles. The maximum atomic E-state index is 14.0. The molecule has 2 rings (SSSR count). The monoisotopic (exact) mass is 365 g/mol. The summed E-state index contributed by atoms with van der Waals surface area (Å²) in [6.45, 7) is 3.96. The minimum atomic E-state index is -3.78. The van der Waals surface area contributed by atoms with Crippen LogP contribution >= 0.6 is 0 Å². The number of nitrogens with zero attached hydrogens (tertiary/aromatic N) is 1. The average Bonchev–Trinajstić information content (AvgIpc) is 2.61.